The number of benzene rings is 2. The van der Waals surface area contributed by atoms with Crippen LogP contribution in [0.1, 0.15) is 31.8 Å². The Morgan fingerprint density at radius 2 is 0.929 bits per heavy atom. The number of methoxy groups -OCH3 is 2. The second-order valence-corrected chi connectivity index (χ2v) is 7.69. The van der Waals surface area contributed by atoms with Gasteiger partial charge in [-0.25, -0.2) is 9.59 Å². The van der Waals surface area contributed by atoms with Gasteiger partial charge in [-0.2, -0.15) is 23.5 Å². The highest BCUT2D eigenvalue weighted by Gasteiger charge is 2.14. The molecular weight excluding hydrogens is 392 g/mol. The summed E-state index contributed by atoms with van der Waals surface area (Å²) in [6.07, 6.45) is 4.14. The quantitative estimate of drug-likeness (QED) is 0.451. The molecule has 0 aromatic heterocycles. The SMILES string of the molecule is COC(=O)c1ccc(/C(CSC)=C(\CSC)c2ccc(C(=O)OC)cc2)cc1. The third kappa shape index (κ3) is 5.42. The Bertz CT molecular complexity index is 768. The van der Waals surface area contributed by atoms with Gasteiger partial charge >= 0.3 is 11.9 Å². The lowest BCUT2D eigenvalue weighted by Crippen LogP contribution is -2.03. The number of rotatable bonds is 8. The highest BCUT2D eigenvalue weighted by molar-refractivity contribution is 7.99. The van der Waals surface area contributed by atoms with E-state index in [4.69, 9.17) is 9.47 Å². The van der Waals surface area contributed by atoms with Gasteiger partial charge in [-0.05, 0) is 59.1 Å². The molecule has 0 atom stereocenters. The van der Waals surface area contributed by atoms with Crippen molar-refractivity contribution in [2.75, 3.05) is 38.2 Å². The van der Waals surface area contributed by atoms with Crippen LogP contribution < -0.4 is 0 Å². The van der Waals surface area contributed by atoms with E-state index in [0.29, 0.717) is 11.1 Å². The summed E-state index contributed by atoms with van der Waals surface area (Å²) in [6, 6.07) is 15.0. The fourth-order valence-corrected chi connectivity index (χ4v) is 4.09. The molecule has 0 N–H and O–H groups in total. The molecule has 0 aliphatic carbocycles. The molecule has 0 bridgehead atoms. The molecule has 6 heteroatoms. The van der Waals surface area contributed by atoms with Gasteiger partial charge in [-0.15, -0.1) is 0 Å². The maximum Gasteiger partial charge on any atom is 0.337 e. The minimum atomic E-state index is -0.343. The Morgan fingerprint density at radius 3 is 1.18 bits per heavy atom. The largest absolute Gasteiger partial charge is 0.465 e. The fraction of sp³-hybridized carbons (Fsp3) is 0.273. The lowest BCUT2D eigenvalue weighted by molar-refractivity contribution is 0.0592. The van der Waals surface area contributed by atoms with Crippen LogP contribution in [0.4, 0.5) is 0 Å². The van der Waals surface area contributed by atoms with Crippen molar-refractivity contribution in [2.45, 2.75) is 0 Å². The van der Waals surface area contributed by atoms with Crippen molar-refractivity contribution >= 4 is 46.6 Å². The van der Waals surface area contributed by atoms with Crippen LogP contribution in [0.25, 0.3) is 11.1 Å². The second kappa shape index (κ2) is 11.0. The van der Waals surface area contributed by atoms with E-state index < -0.39 is 0 Å². The molecule has 4 nitrogen and oxygen atoms in total. The minimum absolute atomic E-state index is 0.343. The van der Waals surface area contributed by atoms with Crippen LogP contribution in [0.3, 0.4) is 0 Å². The van der Waals surface area contributed by atoms with Crippen LogP contribution in [-0.2, 0) is 9.47 Å². The van der Waals surface area contributed by atoms with Crippen LogP contribution in [0.15, 0.2) is 48.5 Å². The molecule has 28 heavy (non-hydrogen) atoms. The molecule has 0 fully saturated rings. The second-order valence-electron chi connectivity index (χ2n) is 5.96. The number of ether oxygens (including phenoxy) is 2. The van der Waals surface area contributed by atoms with Gasteiger partial charge in [0.15, 0.2) is 0 Å². The first-order chi connectivity index (χ1) is 13.5. The number of carbonyl (C=O) groups is 2. The summed E-state index contributed by atoms with van der Waals surface area (Å²) >= 11 is 3.49. The zero-order valence-electron chi connectivity index (χ0n) is 16.5. The zero-order valence-corrected chi connectivity index (χ0v) is 18.1. The average Bonchev–Trinajstić information content (AvgIpc) is 2.75. The number of thioether (sulfide) groups is 2. The van der Waals surface area contributed by atoms with Gasteiger partial charge < -0.3 is 9.47 Å². The van der Waals surface area contributed by atoms with Gasteiger partial charge in [-0.3, -0.25) is 0 Å². The van der Waals surface area contributed by atoms with E-state index in [-0.39, 0.29) is 11.9 Å². The molecular formula is C22H24O4S2. The smallest absolute Gasteiger partial charge is 0.337 e. The predicted octanol–water partition coefficient (Wildman–Crippen LogP) is 4.90. The number of hydrogen-bond donors (Lipinski definition) is 0. The predicted molar refractivity (Wildman–Crippen MR) is 119 cm³/mol. The average molecular weight is 417 g/mol. The maximum absolute atomic E-state index is 11.7. The van der Waals surface area contributed by atoms with E-state index in [2.05, 4.69) is 12.5 Å². The third-order valence-electron chi connectivity index (χ3n) is 4.25. The van der Waals surface area contributed by atoms with Crippen LogP contribution in [0, 0.1) is 0 Å². The fourth-order valence-electron chi connectivity index (χ4n) is 2.83. The first-order valence-electron chi connectivity index (χ1n) is 8.63. The molecule has 0 unspecified atom stereocenters. The van der Waals surface area contributed by atoms with Crippen molar-refractivity contribution < 1.29 is 19.1 Å². The van der Waals surface area contributed by atoms with Crippen molar-refractivity contribution in [1.82, 2.24) is 0 Å². The molecule has 2 aromatic carbocycles. The monoisotopic (exact) mass is 416 g/mol. The number of hydrogen-bond acceptors (Lipinski definition) is 6. The molecule has 0 amide bonds. The van der Waals surface area contributed by atoms with E-state index in [1.54, 1.807) is 47.8 Å². The Kier molecular flexibility index (Phi) is 8.67. The molecule has 2 rings (SSSR count). The van der Waals surface area contributed by atoms with Crippen molar-refractivity contribution in [1.29, 1.82) is 0 Å². The minimum Gasteiger partial charge on any atom is -0.465 e. The molecule has 0 aliphatic rings. The highest BCUT2D eigenvalue weighted by Crippen LogP contribution is 2.31. The van der Waals surface area contributed by atoms with E-state index in [0.717, 1.165) is 22.6 Å². The highest BCUT2D eigenvalue weighted by atomic mass is 32.2. The Hall–Kier alpha value is -2.18. The van der Waals surface area contributed by atoms with Gasteiger partial charge in [0.25, 0.3) is 0 Å². The first-order valence-corrected chi connectivity index (χ1v) is 11.4. The molecule has 0 radical (unpaired) electrons. The summed E-state index contributed by atoms with van der Waals surface area (Å²) in [7, 11) is 2.76. The molecule has 0 spiro atoms. The van der Waals surface area contributed by atoms with Crippen molar-refractivity contribution in [3.05, 3.63) is 70.8 Å². The van der Waals surface area contributed by atoms with E-state index >= 15 is 0 Å². The lowest BCUT2D eigenvalue weighted by atomic mass is 9.95. The topological polar surface area (TPSA) is 52.6 Å². The van der Waals surface area contributed by atoms with Crippen molar-refractivity contribution in [3.8, 4) is 0 Å². The Morgan fingerprint density at radius 1 is 0.643 bits per heavy atom. The van der Waals surface area contributed by atoms with Gasteiger partial charge in [0, 0.05) is 11.5 Å². The van der Waals surface area contributed by atoms with Crippen LogP contribution >= 0.6 is 23.5 Å². The molecule has 148 valence electrons. The van der Waals surface area contributed by atoms with Gasteiger partial charge in [-0.1, -0.05) is 24.3 Å². The molecule has 0 aliphatic heterocycles. The number of esters is 2. The molecule has 2 aromatic rings. The summed E-state index contributed by atoms with van der Waals surface area (Å²) in [5.41, 5.74) is 5.63. The number of carbonyl (C=O) groups excluding carboxylic acids is 2. The molecule has 0 saturated carbocycles. The van der Waals surface area contributed by atoms with Gasteiger partial charge in [0.05, 0.1) is 25.3 Å². The Labute approximate surface area is 174 Å². The van der Waals surface area contributed by atoms with Crippen LogP contribution in [0.5, 0.6) is 0 Å². The van der Waals surface area contributed by atoms with Crippen molar-refractivity contribution in [2.24, 2.45) is 0 Å². The summed E-state index contributed by atoms with van der Waals surface area (Å²) in [5.74, 6) is 0.993. The van der Waals surface area contributed by atoms with E-state index in [1.165, 1.54) is 25.4 Å². The summed E-state index contributed by atoms with van der Waals surface area (Å²) in [6.45, 7) is 0. The Balaban J connectivity index is 2.51. The van der Waals surface area contributed by atoms with Crippen LogP contribution in [-0.4, -0.2) is 50.2 Å². The standard InChI is InChI=1S/C22H24O4S2/c1-25-21(23)17-9-5-15(6-10-17)19(13-27-3)20(14-28-4)16-7-11-18(12-8-16)22(24)26-2/h5-12H,13-14H2,1-4H3/b20-19+. The summed E-state index contributed by atoms with van der Waals surface area (Å²) in [4.78, 5) is 23.4. The van der Waals surface area contributed by atoms with E-state index in [9.17, 15) is 9.59 Å². The molecule has 0 saturated heterocycles. The third-order valence-corrected chi connectivity index (χ3v) is 5.41. The first kappa shape index (κ1) is 22.1. The normalized spacial score (nSPS) is 11.6. The maximum atomic E-state index is 11.7. The summed E-state index contributed by atoms with van der Waals surface area (Å²) < 4.78 is 9.57. The van der Waals surface area contributed by atoms with Crippen LogP contribution in [0.2, 0.25) is 0 Å². The molecule has 0 heterocycles. The van der Waals surface area contributed by atoms with Gasteiger partial charge in [0.2, 0.25) is 0 Å². The summed E-state index contributed by atoms with van der Waals surface area (Å²) in [5, 5.41) is 0. The van der Waals surface area contributed by atoms with E-state index in [1.807, 2.05) is 24.3 Å². The van der Waals surface area contributed by atoms with Gasteiger partial charge in [0.1, 0.15) is 0 Å². The van der Waals surface area contributed by atoms with Crippen molar-refractivity contribution in [3.63, 3.8) is 0 Å². The lowest BCUT2D eigenvalue weighted by Gasteiger charge is -2.16. The zero-order chi connectivity index (χ0) is 20.5.